The molecule has 2 unspecified atom stereocenters. The molecule has 2 atom stereocenters. The van der Waals surface area contributed by atoms with Gasteiger partial charge in [-0.15, -0.1) is 0 Å². The van der Waals surface area contributed by atoms with E-state index in [0.29, 0.717) is 25.9 Å². The first-order valence-electron chi connectivity index (χ1n) is 37.8. The highest BCUT2D eigenvalue weighted by Gasteiger charge is 2.20. The molecule has 0 aliphatic rings. The second kappa shape index (κ2) is 71.3. The van der Waals surface area contributed by atoms with Crippen LogP contribution in [0.25, 0.3) is 0 Å². The molecule has 6 heteroatoms. The zero-order valence-corrected chi connectivity index (χ0v) is 55.6. The number of amides is 1. The Kier molecular flexibility index (Phi) is 70.3. The number of nitrogens with one attached hydrogen (secondary N) is 1. The quantitative estimate of drug-likeness (QED) is 0.0417. The highest BCUT2D eigenvalue weighted by Crippen LogP contribution is 2.20. The van der Waals surface area contributed by atoms with Gasteiger partial charge in [-0.3, -0.25) is 9.59 Å². The van der Waals surface area contributed by atoms with Crippen molar-refractivity contribution in [3.63, 3.8) is 0 Å². The van der Waals surface area contributed by atoms with Crippen molar-refractivity contribution in [2.45, 2.75) is 456 Å². The second-order valence-electron chi connectivity index (χ2n) is 26.4. The summed E-state index contributed by atoms with van der Waals surface area (Å²) in [7, 11) is 0. The predicted molar refractivity (Wildman–Crippen MR) is 357 cm³/mol. The van der Waals surface area contributed by atoms with E-state index in [1.54, 1.807) is 0 Å². The Morgan fingerprint density at radius 1 is 0.296 bits per heavy atom. The first-order chi connectivity index (χ1) is 40.0. The van der Waals surface area contributed by atoms with Crippen LogP contribution in [0.2, 0.25) is 0 Å². The number of carbonyl (C=O) groups is 2. The highest BCUT2D eigenvalue weighted by molar-refractivity contribution is 5.76. The monoisotopic (exact) mass is 1140 g/mol. The van der Waals surface area contributed by atoms with Crippen LogP contribution in [-0.4, -0.2) is 47.4 Å². The largest absolute Gasteiger partial charge is 0.466 e. The third-order valence-corrected chi connectivity index (χ3v) is 18.2. The molecular formula is C75H149NO5. The van der Waals surface area contributed by atoms with Crippen LogP contribution in [0.3, 0.4) is 0 Å². The van der Waals surface area contributed by atoms with Crippen molar-refractivity contribution in [1.82, 2.24) is 5.32 Å². The number of hydrogen-bond donors (Lipinski definition) is 3. The van der Waals surface area contributed by atoms with Gasteiger partial charge in [0.1, 0.15) is 0 Å². The van der Waals surface area contributed by atoms with Gasteiger partial charge in [0.2, 0.25) is 5.91 Å². The summed E-state index contributed by atoms with van der Waals surface area (Å²) in [6.07, 6.45) is 87.5. The number of aliphatic hydroxyl groups excluding tert-OH is 2. The summed E-state index contributed by atoms with van der Waals surface area (Å²) < 4.78 is 5.52. The normalized spacial score (nSPS) is 12.4. The van der Waals surface area contributed by atoms with Crippen LogP contribution >= 0.6 is 0 Å². The third-order valence-electron chi connectivity index (χ3n) is 18.2. The van der Waals surface area contributed by atoms with Gasteiger partial charge >= 0.3 is 5.97 Å². The zero-order valence-electron chi connectivity index (χ0n) is 55.6. The van der Waals surface area contributed by atoms with E-state index >= 15 is 0 Å². The molecule has 0 aromatic carbocycles. The van der Waals surface area contributed by atoms with Gasteiger partial charge in [-0.25, -0.2) is 0 Å². The molecule has 3 N–H and O–H groups in total. The number of unbranched alkanes of at least 4 members (excludes halogenated alkanes) is 61. The molecule has 0 bridgehead atoms. The van der Waals surface area contributed by atoms with Gasteiger partial charge in [0.25, 0.3) is 0 Å². The number of aliphatic hydroxyl groups is 2. The molecular weight excluding hydrogens is 995 g/mol. The van der Waals surface area contributed by atoms with E-state index < -0.39 is 12.1 Å². The number of carbonyl (C=O) groups excluding carboxylic acids is 2. The predicted octanol–water partition coefficient (Wildman–Crippen LogP) is 24.5. The molecule has 484 valence electrons. The molecule has 1 amide bonds. The van der Waals surface area contributed by atoms with E-state index in [1.807, 2.05) is 0 Å². The van der Waals surface area contributed by atoms with E-state index in [0.717, 1.165) is 38.5 Å². The average molecular weight is 1150 g/mol. The second-order valence-corrected chi connectivity index (χ2v) is 26.4. The molecule has 6 nitrogen and oxygen atoms in total. The first kappa shape index (κ1) is 79.9. The Balaban J connectivity index is 3.29. The molecule has 0 saturated carbocycles. The summed E-state index contributed by atoms with van der Waals surface area (Å²) in [5.41, 5.74) is 0. The fraction of sp³-hybridized carbons (Fsp3) is 0.973. The summed E-state index contributed by atoms with van der Waals surface area (Å²) in [5, 5.41) is 23.3. The molecule has 0 rings (SSSR count). The van der Waals surface area contributed by atoms with Gasteiger partial charge in [-0.1, -0.05) is 406 Å². The summed E-state index contributed by atoms with van der Waals surface area (Å²) in [6, 6.07) is -0.537. The van der Waals surface area contributed by atoms with Crippen molar-refractivity contribution in [1.29, 1.82) is 0 Å². The molecule has 0 radical (unpaired) electrons. The molecule has 0 aromatic rings. The summed E-state index contributed by atoms with van der Waals surface area (Å²) in [5.74, 6) is -0.000643. The number of ether oxygens (including phenoxy) is 1. The molecule has 0 fully saturated rings. The summed E-state index contributed by atoms with van der Waals surface area (Å²) >= 11 is 0. The van der Waals surface area contributed by atoms with Crippen molar-refractivity contribution >= 4 is 11.9 Å². The molecule has 0 heterocycles. The minimum atomic E-state index is -0.660. The third kappa shape index (κ3) is 67.9. The van der Waals surface area contributed by atoms with E-state index in [1.165, 1.54) is 372 Å². The van der Waals surface area contributed by atoms with Gasteiger partial charge in [0.05, 0.1) is 25.4 Å². The van der Waals surface area contributed by atoms with Gasteiger partial charge in [0, 0.05) is 12.8 Å². The van der Waals surface area contributed by atoms with Gasteiger partial charge in [-0.05, 0) is 25.7 Å². The van der Waals surface area contributed by atoms with Crippen molar-refractivity contribution in [3.05, 3.63) is 0 Å². The van der Waals surface area contributed by atoms with Crippen LogP contribution in [0.4, 0.5) is 0 Å². The lowest BCUT2D eigenvalue weighted by Crippen LogP contribution is -2.45. The van der Waals surface area contributed by atoms with Crippen LogP contribution in [0.1, 0.15) is 444 Å². The standard InChI is InChI=1S/C75H149NO5/c1-3-5-7-9-11-13-15-17-19-20-33-37-41-45-49-53-57-61-65-69-75(80)81-70-66-62-58-54-50-46-42-38-35-32-30-28-26-24-22-21-23-25-27-29-31-34-36-40-44-48-52-56-60-64-68-74(79)76-72(71-77)73(78)67-63-59-55-51-47-43-39-18-16-14-12-10-8-6-4-2/h72-73,77-78H,3-71H2,1-2H3,(H,76,79). The Bertz CT molecular complexity index is 1180. The van der Waals surface area contributed by atoms with Crippen molar-refractivity contribution in [2.75, 3.05) is 13.2 Å². The molecule has 0 saturated heterocycles. The Labute approximate surface area is 508 Å². The van der Waals surface area contributed by atoms with Gasteiger partial charge in [0.15, 0.2) is 0 Å². The highest BCUT2D eigenvalue weighted by atomic mass is 16.5. The first-order valence-corrected chi connectivity index (χ1v) is 37.8. The lowest BCUT2D eigenvalue weighted by Gasteiger charge is -2.22. The lowest BCUT2D eigenvalue weighted by atomic mass is 10.0. The number of esters is 1. The summed E-state index contributed by atoms with van der Waals surface area (Å²) in [6.45, 7) is 5.01. The van der Waals surface area contributed by atoms with Crippen LogP contribution < -0.4 is 5.32 Å². The van der Waals surface area contributed by atoms with Crippen molar-refractivity contribution in [3.8, 4) is 0 Å². The molecule has 0 aliphatic carbocycles. The minimum Gasteiger partial charge on any atom is -0.466 e. The van der Waals surface area contributed by atoms with Crippen LogP contribution in [0, 0.1) is 0 Å². The van der Waals surface area contributed by atoms with E-state index in [2.05, 4.69) is 19.2 Å². The number of rotatable bonds is 72. The minimum absolute atomic E-state index is 0.0263. The maximum absolute atomic E-state index is 12.5. The van der Waals surface area contributed by atoms with Gasteiger partial charge < -0.3 is 20.3 Å². The lowest BCUT2D eigenvalue weighted by molar-refractivity contribution is -0.143. The SMILES string of the molecule is CCCCCCCCCCCCCCCCCCCCCC(=O)OCCCCCCCCCCCCCCCCCCCCCCCCCCCCCCCCC(=O)NC(CO)C(O)CCCCCCCCCCCCCCCCC. The van der Waals surface area contributed by atoms with Crippen molar-refractivity contribution in [2.24, 2.45) is 0 Å². The van der Waals surface area contributed by atoms with Crippen LogP contribution in [-0.2, 0) is 14.3 Å². The van der Waals surface area contributed by atoms with E-state index in [9.17, 15) is 19.8 Å². The van der Waals surface area contributed by atoms with Crippen molar-refractivity contribution < 1.29 is 24.5 Å². The Morgan fingerprint density at radius 2 is 0.506 bits per heavy atom. The zero-order chi connectivity index (χ0) is 58.5. The Hall–Kier alpha value is -1.14. The van der Waals surface area contributed by atoms with Gasteiger partial charge in [-0.2, -0.15) is 0 Å². The maximum atomic E-state index is 12.5. The van der Waals surface area contributed by atoms with Crippen LogP contribution in [0.5, 0.6) is 0 Å². The molecule has 0 aliphatic heterocycles. The fourth-order valence-electron chi connectivity index (χ4n) is 12.4. The topological polar surface area (TPSA) is 95.9 Å². The number of hydrogen-bond acceptors (Lipinski definition) is 5. The van der Waals surface area contributed by atoms with E-state index in [-0.39, 0.29) is 18.5 Å². The summed E-state index contributed by atoms with van der Waals surface area (Å²) in [4.78, 5) is 24.6. The Morgan fingerprint density at radius 3 is 0.753 bits per heavy atom. The van der Waals surface area contributed by atoms with Crippen LogP contribution in [0.15, 0.2) is 0 Å². The molecule has 0 spiro atoms. The smallest absolute Gasteiger partial charge is 0.305 e. The van der Waals surface area contributed by atoms with E-state index in [4.69, 9.17) is 4.74 Å². The fourth-order valence-corrected chi connectivity index (χ4v) is 12.4. The average Bonchev–Trinajstić information content (AvgIpc) is 3.47. The maximum Gasteiger partial charge on any atom is 0.305 e. The molecule has 0 aromatic heterocycles. The molecule has 81 heavy (non-hydrogen) atoms.